The van der Waals surface area contributed by atoms with Crippen LogP contribution in [0.5, 0.6) is 0 Å². The third-order valence-corrected chi connectivity index (χ3v) is 6.56. The second-order valence-electron chi connectivity index (χ2n) is 4.38. The second kappa shape index (κ2) is 9.84. The molecule has 0 N–H and O–H groups in total. The molecule has 0 radical (unpaired) electrons. The number of hydrogen-bond donors (Lipinski definition) is 0. The van der Waals surface area contributed by atoms with Gasteiger partial charge in [0.25, 0.3) is 0 Å². The van der Waals surface area contributed by atoms with Crippen LogP contribution in [-0.4, -0.2) is 30.1 Å². The molecular weight excluding hydrogens is 394 g/mol. The molecular formula is C13H16Cl4O2S2. The van der Waals surface area contributed by atoms with E-state index < -0.39 is 5.38 Å². The standard InChI is InChI=1S/C13H16Cl4O2S2/c1-7-8(10(16)11(17)9(7)15)12(21-20-2)13(18)19-6-4-3-5-14/h7,9H,3-6H2,1-2H3/b12-8+. The summed E-state index contributed by atoms with van der Waals surface area (Å²) < 4.78 is 5.28. The van der Waals surface area contributed by atoms with Crippen LogP contribution in [0.1, 0.15) is 19.8 Å². The number of hydrogen-bond acceptors (Lipinski definition) is 4. The Morgan fingerprint density at radius 3 is 2.48 bits per heavy atom. The van der Waals surface area contributed by atoms with Crippen LogP contribution in [0.3, 0.4) is 0 Å². The molecule has 0 saturated heterocycles. The van der Waals surface area contributed by atoms with Crippen molar-refractivity contribution < 1.29 is 9.53 Å². The van der Waals surface area contributed by atoms with E-state index in [1.54, 1.807) is 0 Å². The molecule has 0 spiro atoms. The van der Waals surface area contributed by atoms with E-state index in [0.717, 1.165) is 12.8 Å². The van der Waals surface area contributed by atoms with Gasteiger partial charge in [0, 0.05) is 11.8 Å². The summed E-state index contributed by atoms with van der Waals surface area (Å²) in [5, 5.41) is 0.337. The fourth-order valence-electron chi connectivity index (χ4n) is 1.82. The molecule has 1 aliphatic rings. The van der Waals surface area contributed by atoms with Crippen molar-refractivity contribution in [1.29, 1.82) is 0 Å². The quantitative estimate of drug-likeness (QED) is 0.175. The molecule has 1 aliphatic carbocycles. The summed E-state index contributed by atoms with van der Waals surface area (Å²) in [5.74, 6) is 0.0380. The largest absolute Gasteiger partial charge is 0.462 e. The highest BCUT2D eigenvalue weighted by Crippen LogP contribution is 2.48. The fraction of sp³-hybridized carbons (Fsp3) is 0.615. The molecule has 0 saturated carbocycles. The molecule has 0 bridgehead atoms. The lowest BCUT2D eigenvalue weighted by molar-refractivity contribution is -0.138. The molecule has 21 heavy (non-hydrogen) atoms. The van der Waals surface area contributed by atoms with E-state index in [4.69, 9.17) is 51.1 Å². The zero-order valence-corrected chi connectivity index (χ0v) is 16.3. The summed E-state index contributed by atoms with van der Waals surface area (Å²) in [7, 11) is 2.76. The normalized spacial score (nSPS) is 24.5. The number of allylic oxidation sites excluding steroid dienone is 3. The lowest BCUT2D eigenvalue weighted by Crippen LogP contribution is -2.13. The van der Waals surface area contributed by atoms with Crippen molar-refractivity contribution in [3.05, 3.63) is 20.5 Å². The van der Waals surface area contributed by atoms with Gasteiger partial charge in [-0.1, -0.05) is 51.7 Å². The second-order valence-corrected chi connectivity index (χ2v) is 8.42. The maximum Gasteiger partial charge on any atom is 0.345 e. The molecule has 120 valence electrons. The molecule has 0 aromatic heterocycles. The van der Waals surface area contributed by atoms with E-state index in [2.05, 4.69) is 0 Å². The Morgan fingerprint density at radius 1 is 1.33 bits per heavy atom. The molecule has 8 heteroatoms. The van der Waals surface area contributed by atoms with Crippen LogP contribution in [0.25, 0.3) is 0 Å². The Morgan fingerprint density at radius 2 is 2.00 bits per heavy atom. The van der Waals surface area contributed by atoms with E-state index in [-0.39, 0.29) is 11.9 Å². The van der Waals surface area contributed by atoms with Crippen molar-refractivity contribution in [2.45, 2.75) is 25.1 Å². The van der Waals surface area contributed by atoms with Crippen molar-refractivity contribution in [1.82, 2.24) is 0 Å². The number of alkyl halides is 2. The maximum atomic E-state index is 12.3. The molecule has 0 fully saturated rings. The number of ether oxygens (including phenoxy) is 1. The number of esters is 1. The molecule has 2 unspecified atom stereocenters. The monoisotopic (exact) mass is 408 g/mol. The van der Waals surface area contributed by atoms with E-state index in [1.165, 1.54) is 21.6 Å². The third-order valence-electron chi connectivity index (χ3n) is 2.94. The molecule has 0 aromatic rings. The topological polar surface area (TPSA) is 26.3 Å². The third kappa shape index (κ3) is 5.15. The summed E-state index contributed by atoms with van der Waals surface area (Å²) >= 11 is 24.1. The number of carbonyl (C=O) groups is 1. The van der Waals surface area contributed by atoms with Crippen molar-refractivity contribution in [3.63, 3.8) is 0 Å². The van der Waals surface area contributed by atoms with Crippen LogP contribution >= 0.6 is 68.0 Å². The molecule has 0 amide bonds. The molecule has 0 aliphatic heterocycles. The molecule has 2 nitrogen and oxygen atoms in total. The average molecular weight is 410 g/mol. The van der Waals surface area contributed by atoms with Crippen LogP contribution in [0, 0.1) is 5.92 Å². The number of carbonyl (C=O) groups excluding carboxylic acids is 1. The van der Waals surface area contributed by atoms with E-state index in [0.29, 0.717) is 33.0 Å². The van der Waals surface area contributed by atoms with Gasteiger partial charge in [0.05, 0.1) is 22.0 Å². The van der Waals surface area contributed by atoms with Crippen LogP contribution in [0.15, 0.2) is 20.5 Å². The number of rotatable bonds is 7. The highest BCUT2D eigenvalue weighted by Gasteiger charge is 2.37. The predicted octanol–water partition coefficient (Wildman–Crippen LogP) is 5.76. The Balaban J connectivity index is 2.95. The van der Waals surface area contributed by atoms with Gasteiger partial charge in [0.15, 0.2) is 0 Å². The molecule has 0 heterocycles. The molecule has 1 rings (SSSR count). The molecule has 2 atom stereocenters. The first-order valence-corrected chi connectivity index (χ1v) is 10.6. The Labute approximate surface area is 153 Å². The first-order valence-electron chi connectivity index (χ1n) is 6.33. The lowest BCUT2D eigenvalue weighted by Gasteiger charge is -2.15. The SMILES string of the molecule is CSS/C(C(=O)OCCCCCl)=C1/C(Cl)=C(Cl)C(Cl)C1C. The average Bonchev–Trinajstić information content (AvgIpc) is 2.65. The first kappa shape index (κ1) is 19.9. The van der Waals surface area contributed by atoms with Crippen molar-refractivity contribution in [2.75, 3.05) is 18.7 Å². The Kier molecular flexibility index (Phi) is 9.30. The number of halogens is 4. The zero-order valence-electron chi connectivity index (χ0n) is 11.6. The summed E-state index contributed by atoms with van der Waals surface area (Å²) in [5.41, 5.74) is 0.670. The van der Waals surface area contributed by atoms with Crippen molar-refractivity contribution in [2.24, 2.45) is 5.92 Å². The van der Waals surface area contributed by atoms with Gasteiger partial charge in [0.2, 0.25) is 0 Å². The van der Waals surface area contributed by atoms with Crippen LogP contribution in [-0.2, 0) is 9.53 Å². The Hall–Kier alpha value is 0.810. The summed E-state index contributed by atoms with van der Waals surface area (Å²) in [6.07, 6.45) is 3.42. The highest BCUT2D eigenvalue weighted by atomic mass is 35.5. The van der Waals surface area contributed by atoms with Crippen LogP contribution in [0.4, 0.5) is 0 Å². The van der Waals surface area contributed by atoms with Crippen molar-refractivity contribution >= 4 is 74.0 Å². The van der Waals surface area contributed by atoms with E-state index >= 15 is 0 Å². The van der Waals surface area contributed by atoms with Gasteiger partial charge in [-0.05, 0) is 24.7 Å². The van der Waals surface area contributed by atoms with Gasteiger partial charge in [-0.3, -0.25) is 0 Å². The van der Waals surface area contributed by atoms with Gasteiger partial charge >= 0.3 is 5.97 Å². The maximum absolute atomic E-state index is 12.3. The van der Waals surface area contributed by atoms with Gasteiger partial charge in [-0.2, -0.15) is 0 Å². The van der Waals surface area contributed by atoms with Gasteiger partial charge in [0.1, 0.15) is 4.91 Å². The number of unbranched alkanes of at least 4 members (excludes halogenated alkanes) is 1. The van der Waals surface area contributed by atoms with E-state index in [1.807, 2.05) is 13.2 Å². The lowest BCUT2D eigenvalue weighted by atomic mass is 10.0. The Bertz CT molecular complexity index is 451. The van der Waals surface area contributed by atoms with Gasteiger partial charge < -0.3 is 4.74 Å². The summed E-state index contributed by atoms with van der Waals surface area (Å²) in [4.78, 5) is 12.7. The van der Waals surface area contributed by atoms with Crippen molar-refractivity contribution in [3.8, 4) is 0 Å². The van der Waals surface area contributed by atoms with Crippen LogP contribution < -0.4 is 0 Å². The van der Waals surface area contributed by atoms with Gasteiger partial charge in [-0.25, -0.2) is 4.79 Å². The first-order chi connectivity index (χ1) is 9.95. The van der Waals surface area contributed by atoms with Gasteiger partial charge in [-0.15, -0.1) is 23.2 Å². The fourth-order valence-corrected chi connectivity index (χ4v) is 4.68. The predicted molar refractivity (Wildman–Crippen MR) is 96.6 cm³/mol. The van der Waals surface area contributed by atoms with E-state index in [9.17, 15) is 4.79 Å². The zero-order chi connectivity index (χ0) is 16.0. The summed E-state index contributed by atoms with van der Waals surface area (Å²) in [6.45, 7) is 2.23. The minimum atomic E-state index is -0.407. The molecule has 0 aromatic carbocycles. The van der Waals surface area contributed by atoms with Crippen LogP contribution in [0.2, 0.25) is 0 Å². The minimum Gasteiger partial charge on any atom is -0.462 e. The smallest absolute Gasteiger partial charge is 0.345 e. The minimum absolute atomic E-state index is 0.128. The summed E-state index contributed by atoms with van der Waals surface area (Å²) in [6, 6.07) is 0. The highest BCUT2D eigenvalue weighted by molar-refractivity contribution is 8.78.